The molecule has 0 fully saturated rings. The highest BCUT2D eigenvalue weighted by Gasteiger charge is 2.20. The van der Waals surface area contributed by atoms with Gasteiger partial charge >= 0.3 is 0 Å². The highest BCUT2D eigenvalue weighted by Crippen LogP contribution is 2.33. The molecule has 86 valence electrons. The molecule has 16 heavy (non-hydrogen) atoms. The van der Waals surface area contributed by atoms with Crippen molar-refractivity contribution >= 4 is 22.9 Å². The Hall–Kier alpha value is -0.840. The van der Waals surface area contributed by atoms with Crippen molar-refractivity contribution in [1.29, 1.82) is 0 Å². The van der Waals surface area contributed by atoms with E-state index in [9.17, 15) is 5.11 Å². The summed E-state index contributed by atoms with van der Waals surface area (Å²) < 4.78 is 2.47. The van der Waals surface area contributed by atoms with E-state index in [0.717, 1.165) is 21.8 Å². The zero-order valence-corrected chi connectivity index (χ0v) is 10.9. The first kappa shape index (κ1) is 11.6. The van der Waals surface area contributed by atoms with Crippen LogP contribution >= 0.6 is 22.9 Å². The number of rotatable bonds is 2. The quantitative estimate of drug-likeness (QED) is 0.897. The summed E-state index contributed by atoms with van der Waals surface area (Å²) >= 11 is 7.26. The summed E-state index contributed by atoms with van der Waals surface area (Å²) in [6, 6.07) is 3.65. The van der Waals surface area contributed by atoms with Gasteiger partial charge in [-0.05, 0) is 26.0 Å². The van der Waals surface area contributed by atoms with Gasteiger partial charge in [0.15, 0.2) is 0 Å². The van der Waals surface area contributed by atoms with Crippen LogP contribution in [0.25, 0.3) is 0 Å². The minimum Gasteiger partial charge on any atom is -0.383 e. The second kappa shape index (κ2) is 4.20. The Morgan fingerprint density at radius 3 is 2.56 bits per heavy atom. The number of halogens is 1. The molecule has 0 amide bonds. The van der Waals surface area contributed by atoms with Gasteiger partial charge in [0.05, 0.1) is 10.0 Å². The Kier molecular flexibility index (Phi) is 3.06. The smallest absolute Gasteiger partial charge is 0.117 e. The van der Waals surface area contributed by atoms with E-state index < -0.39 is 6.10 Å². The number of nitrogens with zero attached hydrogens (tertiary/aromatic N) is 2. The minimum atomic E-state index is -0.633. The third-order valence-corrected chi connectivity index (χ3v) is 3.99. The average Bonchev–Trinajstić information content (AvgIpc) is 2.73. The maximum atomic E-state index is 10.3. The number of aliphatic hydroxyl groups excluding tert-OH is 1. The zero-order valence-electron chi connectivity index (χ0n) is 9.36. The van der Waals surface area contributed by atoms with Crippen molar-refractivity contribution in [1.82, 2.24) is 9.78 Å². The maximum absolute atomic E-state index is 10.3. The van der Waals surface area contributed by atoms with E-state index in [4.69, 9.17) is 11.6 Å². The Morgan fingerprint density at radius 2 is 2.12 bits per heavy atom. The lowest BCUT2D eigenvalue weighted by Gasteiger charge is -2.09. The number of thiophene rings is 1. The van der Waals surface area contributed by atoms with Gasteiger partial charge in [-0.25, -0.2) is 0 Å². The summed E-state index contributed by atoms with van der Waals surface area (Å²) in [7, 11) is 1.87. The number of aliphatic hydroxyl groups is 1. The summed E-state index contributed by atoms with van der Waals surface area (Å²) in [6.07, 6.45) is -0.633. The SMILES string of the molecule is Cc1nn(C)c(C)c1C(O)c1ccc(Cl)s1. The first-order valence-corrected chi connectivity index (χ1v) is 6.13. The highest BCUT2D eigenvalue weighted by molar-refractivity contribution is 7.16. The molecule has 5 heteroatoms. The van der Waals surface area contributed by atoms with Crippen molar-refractivity contribution in [3.05, 3.63) is 38.3 Å². The summed E-state index contributed by atoms with van der Waals surface area (Å²) in [4.78, 5) is 0.851. The predicted molar refractivity (Wildman–Crippen MR) is 66.1 cm³/mol. The van der Waals surface area contributed by atoms with Crippen LogP contribution in [0.4, 0.5) is 0 Å². The van der Waals surface area contributed by atoms with Gasteiger partial charge in [0.25, 0.3) is 0 Å². The molecule has 0 aliphatic rings. The van der Waals surface area contributed by atoms with Crippen LogP contribution in [0, 0.1) is 13.8 Å². The molecule has 0 saturated heterocycles. The van der Waals surface area contributed by atoms with Gasteiger partial charge in [0.2, 0.25) is 0 Å². The Labute approximate surface area is 103 Å². The van der Waals surface area contributed by atoms with Crippen molar-refractivity contribution in [2.24, 2.45) is 7.05 Å². The van der Waals surface area contributed by atoms with Gasteiger partial charge in [0, 0.05) is 23.2 Å². The second-order valence-corrected chi connectivity index (χ2v) is 5.50. The molecule has 0 radical (unpaired) electrons. The molecule has 2 rings (SSSR count). The maximum Gasteiger partial charge on any atom is 0.117 e. The molecule has 2 heterocycles. The van der Waals surface area contributed by atoms with E-state index in [-0.39, 0.29) is 0 Å². The van der Waals surface area contributed by atoms with E-state index >= 15 is 0 Å². The van der Waals surface area contributed by atoms with Crippen molar-refractivity contribution in [3.63, 3.8) is 0 Å². The molecule has 2 aromatic heterocycles. The van der Waals surface area contributed by atoms with Crippen molar-refractivity contribution in [3.8, 4) is 0 Å². The van der Waals surface area contributed by atoms with Gasteiger partial charge in [-0.3, -0.25) is 4.68 Å². The molecule has 0 bridgehead atoms. The molecule has 0 spiro atoms. The average molecular weight is 257 g/mol. The summed E-state index contributed by atoms with van der Waals surface area (Å²) in [5, 5.41) is 14.6. The normalized spacial score (nSPS) is 13.1. The fourth-order valence-corrected chi connectivity index (χ4v) is 2.86. The van der Waals surface area contributed by atoms with Gasteiger partial charge in [-0.15, -0.1) is 11.3 Å². The van der Waals surface area contributed by atoms with Crippen LogP contribution in [0.1, 0.15) is 27.9 Å². The van der Waals surface area contributed by atoms with Crippen molar-refractivity contribution in [2.75, 3.05) is 0 Å². The van der Waals surface area contributed by atoms with Crippen LogP contribution in [0.3, 0.4) is 0 Å². The van der Waals surface area contributed by atoms with E-state index in [1.807, 2.05) is 27.0 Å². The van der Waals surface area contributed by atoms with Crippen LogP contribution < -0.4 is 0 Å². The van der Waals surface area contributed by atoms with Crippen LogP contribution in [0.2, 0.25) is 4.34 Å². The molecule has 1 atom stereocenters. The predicted octanol–water partition coefficient (Wildman–Crippen LogP) is 2.83. The lowest BCUT2D eigenvalue weighted by molar-refractivity contribution is 0.222. The van der Waals surface area contributed by atoms with Gasteiger partial charge < -0.3 is 5.11 Å². The van der Waals surface area contributed by atoms with Crippen LogP contribution in [-0.4, -0.2) is 14.9 Å². The Bertz CT molecular complexity index is 518. The fraction of sp³-hybridized carbons (Fsp3) is 0.364. The van der Waals surface area contributed by atoms with Crippen LogP contribution in [-0.2, 0) is 7.05 Å². The standard InChI is InChI=1S/C11H13ClN2OS/c1-6-10(7(2)14(3)13-6)11(15)8-4-5-9(12)16-8/h4-5,11,15H,1-3H3. The topological polar surface area (TPSA) is 38.0 Å². The summed E-state index contributed by atoms with van der Waals surface area (Å²) in [5.74, 6) is 0. The van der Waals surface area contributed by atoms with Crippen molar-refractivity contribution in [2.45, 2.75) is 20.0 Å². The summed E-state index contributed by atoms with van der Waals surface area (Å²) in [6.45, 7) is 3.86. The number of hydrogen-bond donors (Lipinski definition) is 1. The Morgan fingerprint density at radius 1 is 1.44 bits per heavy atom. The summed E-state index contributed by atoms with van der Waals surface area (Å²) in [5.41, 5.74) is 2.72. The molecule has 0 aromatic carbocycles. The number of aromatic nitrogens is 2. The number of aryl methyl sites for hydroxylation is 2. The molecule has 1 unspecified atom stereocenters. The first-order chi connectivity index (χ1) is 7.50. The van der Waals surface area contributed by atoms with E-state index in [0.29, 0.717) is 4.34 Å². The first-order valence-electron chi connectivity index (χ1n) is 4.94. The minimum absolute atomic E-state index is 0.633. The molecule has 1 N–H and O–H groups in total. The van der Waals surface area contributed by atoms with Crippen LogP contribution in [0.15, 0.2) is 12.1 Å². The largest absolute Gasteiger partial charge is 0.383 e. The molecular formula is C11H13ClN2OS. The molecular weight excluding hydrogens is 244 g/mol. The zero-order chi connectivity index (χ0) is 11.9. The molecule has 0 aliphatic heterocycles. The fourth-order valence-electron chi connectivity index (χ4n) is 1.80. The van der Waals surface area contributed by atoms with Gasteiger partial charge in [-0.2, -0.15) is 5.10 Å². The van der Waals surface area contributed by atoms with E-state index in [2.05, 4.69) is 5.10 Å². The van der Waals surface area contributed by atoms with E-state index in [1.165, 1.54) is 11.3 Å². The monoisotopic (exact) mass is 256 g/mol. The van der Waals surface area contributed by atoms with Crippen LogP contribution in [0.5, 0.6) is 0 Å². The lowest BCUT2D eigenvalue weighted by Crippen LogP contribution is -2.01. The molecule has 2 aromatic rings. The van der Waals surface area contributed by atoms with Gasteiger partial charge in [-0.1, -0.05) is 11.6 Å². The van der Waals surface area contributed by atoms with Crippen molar-refractivity contribution < 1.29 is 5.11 Å². The highest BCUT2D eigenvalue weighted by atomic mass is 35.5. The Balaban J connectivity index is 2.44. The third-order valence-electron chi connectivity index (χ3n) is 2.70. The molecule has 3 nitrogen and oxygen atoms in total. The number of hydrogen-bond acceptors (Lipinski definition) is 3. The third kappa shape index (κ3) is 1.88. The lowest BCUT2D eigenvalue weighted by atomic mass is 10.1. The second-order valence-electron chi connectivity index (χ2n) is 3.75. The molecule has 0 aliphatic carbocycles. The van der Waals surface area contributed by atoms with Gasteiger partial charge in [0.1, 0.15) is 6.10 Å². The van der Waals surface area contributed by atoms with E-state index in [1.54, 1.807) is 10.7 Å². The molecule has 0 saturated carbocycles.